The molecule has 2 unspecified atom stereocenters. The van der Waals surface area contributed by atoms with Gasteiger partial charge in [-0.2, -0.15) is 0 Å². The molecular formula is C8H19NO. The van der Waals surface area contributed by atoms with E-state index in [0.717, 1.165) is 6.61 Å². The minimum absolute atomic E-state index is 0.269. The highest BCUT2D eigenvalue weighted by atomic mass is 16.5. The zero-order chi connectivity index (χ0) is 8.15. The van der Waals surface area contributed by atoms with Crippen molar-refractivity contribution in [3.63, 3.8) is 0 Å². The van der Waals surface area contributed by atoms with Crippen molar-refractivity contribution >= 4 is 0 Å². The Morgan fingerprint density at radius 3 is 2.10 bits per heavy atom. The molecule has 0 rings (SSSR count). The first-order valence-corrected chi connectivity index (χ1v) is 3.84. The lowest BCUT2D eigenvalue weighted by Crippen LogP contribution is -2.30. The third kappa shape index (κ3) is 3.18. The molecule has 0 fully saturated rings. The Balaban J connectivity index is 3.58. The van der Waals surface area contributed by atoms with Crippen molar-refractivity contribution in [2.75, 3.05) is 13.7 Å². The number of hydrogen-bond donors (Lipinski definition) is 1. The van der Waals surface area contributed by atoms with Crippen LogP contribution in [-0.4, -0.2) is 19.8 Å². The average molecular weight is 145 g/mol. The molecule has 10 heavy (non-hydrogen) atoms. The molecule has 3 atom stereocenters. The van der Waals surface area contributed by atoms with E-state index in [4.69, 9.17) is 10.5 Å². The molecule has 0 aromatic heterocycles. The lowest BCUT2D eigenvalue weighted by molar-refractivity contribution is 0.127. The second kappa shape index (κ2) is 4.69. The Kier molecular flexibility index (Phi) is 4.65. The third-order valence-corrected chi connectivity index (χ3v) is 2.16. The van der Waals surface area contributed by atoms with E-state index in [0.29, 0.717) is 11.8 Å². The third-order valence-electron chi connectivity index (χ3n) is 2.16. The van der Waals surface area contributed by atoms with Gasteiger partial charge in [0.1, 0.15) is 0 Å². The van der Waals surface area contributed by atoms with Crippen LogP contribution < -0.4 is 5.73 Å². The lowest BCUT2D eigenvalue weighted by atomic mass is 9.91. The standard InChI is InChI=1S/C8H19NO/c1-6(5-10-4)7(2)8(3)9/h6-8H,5,9H2,1-4H3/t6?,7-,8?/m0/s1. The first-order valence-electron chi connectivity index (χ1n) is 3.84. The van der Waals surface area contributed by atoms with Crippen LogP contribution in [0.25, 0.3) is 0 Å². The molecule has 0 amide bonds. The molecule has 2 nitrogen and oxygen atoms in total. The molecule has 0 spiro atoms. The maximum atomic E-state index is 5.71. The maximum absolute atomic E-state index is 5.71. The summed E-state index contributed by atoms with van der Waals surface area (Å²) in [6.07, 6.45) is 0. The summed E-state index contributed by atoms with van der Waals surface area (Å²) < 4.78 is 5.02. The van der Waals surface area contributed by atoms with Crippen LogP contribution >= 0.6 is 0 Å². The molecule has 0 bridgehead atoms. The second-order valence-electron chi connectivity index (χ2n) is 3.15. The van der Waals surface area contributed by atoms with Gasteiger partial charge in [0, 0.05) is 19.8 Å². The number of ether oxygens (including phenoxy) is 1. The molecule has 0 heterocycles. The normalized spacial score (nSPS) is 20.1. The SMILES string of the molecule is COCC(C)[C@H](C)C(C)N. The lowest BCUT2D eigenvalue weighted by Gasteiger charge is -2.22. The minimum Gasteiger partial charge on any atom is -0.384 e. The molecule has 0 aromatic rings. The topological polar surface area (TPSA) is 35.2 Å². The van der Waals surface area contributed by atoms with Crippen LogP contribution in [0.4, 0.5) is 0 Å². The number of rotatable bonds is 4. The molecule has 0 aliphatic carbocycles. The Morgan fingerprint density at radius 1 is 1.30 bits per heavy atom. The fourth-order valence-corrected chi connectivity index (χ4v) is 0.933. The number of nitrogens with two attached hydrogens (primary N) is 1. The summed E-state index contributed by atoms with van der Waals surface area (Å²) in [5.74, 6) is 1.10. The number of hydrogen-bond acceptors (Lipinski definition) is 2. The summed E-state index contributed by atoms with van der Waals surface area (Å²) in [6.45, 7) is 7.17. The van der Waals surface area contributed by atoms with E-state index in [1.54, 1.807) is 7.11 Å². The van der Waals surface area contributed by atoms with Gasteiger partial charge in [0.05, 0.1) is 0 Å². The van der Waals surface area contributed by atoms with E-state index >= 15 is 0 Å². The molecule has 62 valence electrons. The molecule has 0 radical (unpaired) electrons. The van der Waals surface area contributed by atoms with Crippen LogP contribution in [0.1, 0.15) is 20.8 Å². The van der Waals surface area contributed by atoms with Crippen LogP contribution in [0.2, 0.25) is 0 Å². The van der Waals surface area contributed by atoms with Crippen molar-refractivity contribution in [2.24, 2.45) is 17.6 Å². The van der Waals surface area contributed by atoms with Gasteiger partial charge >= 0.3 is 0 Å². The summed E-state index contributed by atoms with van der Waals surface area (Å²) in [6, 6.07) is 0.269. The van der Waals surface area contributed by atoms with Crippen molar-refractivity contribution in [1.82, 2.24) is 0 Å². The van der Waals surface area contributed by atoms with Gasteiger partial charge in [-0.3, -0.25) is 0 Å². The van der Waals surface area contributed by atoms with Crippen LogP contribution in [-0.2, 0) is 4.74 Å². The largest absolute Gasteiger partial charge is 0.384 e. The van der Waals surface area contributed by atoms with Gasteiger partial charge in [0.15, 0.2) is 0 Å². The Bertz CT molecular complexity index is 83.3. The van der Waals surface area contributed by atoms with Gasteiger partial charge in [-0.05, 0) is 18.8 Å². The van der Waals surface area contributed by atoms with Crippen LogP contribution in [0.5, 0.6) is 0 Å². The van der Waals surface area contributed by atoms with Gasteiger partial charge in [-0.25, -0.2) is 0 Å². The Morgan fingerprint density at radius 2 is 1.80 bits per heavy atom. The fourth-order valence-electron chi connectivity index (χ4n) is 0.933. The van der Waals surface area contributed by atoms with Crippen molar-refractivity contribution in [3.05, 3.63) is 0 Å². The van der Waals surface area contributed by atoms with Gasteiger partial charge < -0.3 is 10.5 Å². The van der Waals surface area contributed by atoms with Gasteiger partial charge in [-0.15, -0.1) is 0 Å². The van der Waals surface area contributed by atoms with Crippen LogP contribution in [0.3, 0.4) is 0 Å². The highest BCUT2D eigenvalue weighted by molar-refractivity contribution is 4.68. The van der Waals surface area contributed by atoms with Crippen LogP contribution in [0, 0.1) is 11.8 Å². The predicted octanol–water partition coefficient (Wildman–Crippen LogP) is 1.25. The van der Waals surface area contributed by atoms with E-state index < -0.39 is 0 Å². The van der Waals surface area contributed by atoms with E-state index in [-0.39, 0.29) is 6.04 Å². The smallest absolute Gasteiger partial charge is 0.0490 e. The minimum atomic E-state index is 0.269. The predicted molar refractivity (Wildman–Crippen MR) is 43.9 cm³/mol. The molecule has 0 saturated heterocycles. The quantitative estimate of drug-likeness (QED) is 0.646. The van der Waals surface area contributed by atoms with Crippen molar-refractivity contribution in [3.8, 4) is 0 Å². The summed E-state index contributed by atoms with van der Waals surface area (Å²) in [5.41, 5.74) is 5.71. The fraction of sp³-hybridized carbons (Fsp3) is 1.00. The highest BCUT2D eigenvalue weighted by Crippen LogP contribution is 2.13. The molecule has 0 aliphatic rings. The van der Waals surface area contributed by atoms with E-state index in [1.807, 2.05) is 6.92 Å². The Labute approximate surface area is 63.7 Å². The highest BCUT2D eigenvalue weighted by Gasteiger charge is 2.15. The first kappa shape index (κ1) is 9.92. The molecule has 0 aromatic carbocycles. The van der Waals surface area contributed by atoms with Gasteiger partial charge in [0.25, 0.3) is 0 Å². The molecule has 0 saturated carbocycles. The summed E-state index contributed by atoms with van der Waals surface area (Å²) in [7, 11) is 1.73. The van der Waals surface area contributed by atoms with E-state index in [9.17, 15) is 0 Å². The number of methoxy groups -OCH3 is 1. The van der Waals surface area contributed by atoms with Crippen molar-refractivity contribution in [2.45, 2.75) is 26.8 Å². The van der Waals surface area contributed by atoms with Crippen LogP contribution in [0.15, 0.2) is 0 Å². The van der Waals surface area contributed by atoms with Gasteiger partial charge in [0.2, 0.25) is 0 Å². The van der Waals surface area contributed by atoms with Crippen molar-refractivity contribution < 1.29 is 4.74 Å². The maximum Gasteiger partial charge on any atom is 0.0490 e. The summed E-state index contributed by atoms with van der Waals surface area (Å²) in [4.78, 5) is 0. The van der Waals surface area contributed by atoms with E-state index in [1.165, 1.54) is 0 Å². The molecular weight excluding hydrogens is 126 g/mol. The molecule has 2 N–H and O–H groups in total. The Hall–Kier alpha value is -0.0800. The monoisotopic (exact) mass is 145 g/mol. The second-order valence-corrected chi connectivity index (χ2v) is 3.15. The first-order chi connectivity index (χ1) is 4.59. The van der Waals surface area contributed by atoms with Gasteiger partial charge in [-0.1, -0.05) is 13.8 Å². The zero-order valence-corrected chi connectivity index (χ0v) is 7.42. The molecule has 2 heteroatoms. The summed E-state index contributed by atoms with van der Waals surface area (Å²) in [5, 5.41) is 0. The molecule has 0 aliphatic heterocycles. The van der Waals surface area contributed by atoms with E-state index in [2.05, 4.69) is 13.8 Å². The van der Waals surface area contributed by atoms with Crippen molar-refractivity contribution in [1.29, 1.82) is 0 Å². The summed E-state index contributed by atoms with van der Waals surface area (Å²) >= 11 is 0. The zero-order valence-electron chi connectivity index (χ0n) is 7.42. The average Bonchev–Trinajstić information content (AvgIpc) is 1.87.